The highest BCUT2D eigenvalue weighted by atomic mass is 16.6. The van der Waals surface area contributed by atoms with Gasteiger partial charge in [-0.05, 0) is 17.7 Å². The summed E-state index contributed by atoms with van der Waals surface area (Å²) < 4.78 is 15.7. The van der Waals surface area contributed by atoms with Gasteiger partial charge in [-0.2, -0.15) is 0 Å². The predicted octanol–water partition coefficient (Wildman–Crippen LogP) is 3.49. The summed E-state index contributed by atoms with van der Waals surface area (Å²) in [5.41, 5.74) is 1.04. The van der Waals surface area contributed by atoms with Crippen LogP contribution in [0, 0.1) is 10.1 Å². The Morgan fingerprint density at radius 3 is 2.00 bits per heavy atom. The van der Waals surface area contributed by atoms with Crippen LogP contribution in [0.5, 0.6) is 17.2 Å². The first kappa shape index (κ1) is 16.4. The summed E-state index contributed by atoms with van der Waals surface area (Å²) in [6.07, 6.45) is 1.50. The van der Waals surface area contributed by atoms with E-state index in [2.05, 4.69) is 0 Å². The molecule has 0 saturated heterocycles. The van der Waals surface area contributed by atoms with Crippen molar-refractivity contribution in [2.45, 2.75) is 0 Å². The van der Waals surface area contributed by atoms with Crippen molar-refractivity contribution in [2.24, 2.45) is 0 Å². The summed E-state index contributed by atoms with van der Waals surface area (Å²) in [4.78, 5) is 11.0. The van der Waals surface area contributed by atoms with E-state index in [0.29, 0.717) is 22.8 Å². The Morgan fingerprint density at radius 2 is 1.57 bits per heavy atom. The van der Waals surface area contributed by atoms with Crippen molar-refractivity contribution >= 4 is 11.8 Å². The zero-order chi connectivity index (χ0) is 16.8. The van der Waals surface area contributed by atoms with E-state index in [1.54, 1.807) is 24.3 Å². The summed E-state index contributed by atoms with van der Waals surface area (Å²) >= 11 is 0. The van der Waals surface area contributed by atoms with Crippen LogP contribution in [0.1, 0.15) is 11.1 Å². The standard InChI is InChI=1S/C17H17NO5/c1-21-15-10-13(11-16(22-2)17(15)23-3)14(18(19)20)9-12-7-5-4-6-8-12/h4-11H,1-3H3. The highest BCUT2D eigenvalue weighted by Gasteiger charge is 2.21. The van der Waals surface area contributed by atoms with Gasteiger partial charge in [0.05, 0.1) is 31.8 Å². The van der Waals surface area contributed by atoms with Crippen molar-refractivity contribution in [3.05, 3.63) is 63.7 Å². The summed E-state index contributed by atoms with van der Waals surface area (Å²) in [7, 11) is 4.41. The van der Waals surface area contributed by atoms with E-state index in [1.165, 1.54) is 27.4 Å². The zero-order valence-corrected chi connectivity index (χ0v) is 13.1. The molecule has 0 bridgehead atoms. The second kappa shape index (κ2) is 7.31. The number of ether oxygens (including phenoxy) is 3. The molecular weight excluding hydrogens is 298 g/mol. The third kappa shape index (κ3) is 3.60. The lowest BCUT2D eigenvalue weighted by atomic mass is 10.1. The molecule has 0 unspecified atom stereocenters. The van der Waals surface area contributed by atoms with Gasteiger partial charge in [0.1, 0.15) is 0 Å². The molecule has 0 fully saturated rings. The molecule has 0 aromatic heterocycles. The summed E-state index contributed by atoms with van der Waals surface area (Å²) in [5, 5.41) is 11.5. The molecule has 2 rings (SSSR count). The molecule has 0 spiro atoms. The highest BCUT2D eigenvalue weighted by molar-refractivity contribution is 5.78. The Labute approximate surface area is 134 Å². The molecule has 2 aromatic carbocycles. The van der Waals surface area contributed by atoms with Crippen LogP contribution in [0.4, 0.5) is 0 Å². The lowest BCUT2D eigenvalue weighted by Gasteiger charge is -2.13. The van der Waals surface area contributed by atoms with E-state index < -0.39 is 4.92 Å². The van der Waals surface area contributed by atoms with Crippen LogP contribution in [0.2, 0.25) is 0 Å². The molecule has 0 aliphatic heterocycles. The SMILES string of the molecule is COc1cc(C(=Cc2ccccc2)[N+](=O)[O-])cc(OC)c1OC. The van der Waals surface area contributed by atoms with Crippen LogP contribution >= 0.6 is 0 Å². The maximum atomic E-state index is 11.5. The van der Waals surface area contributed by atoms with Gasteiger partial charge < -0.3 is 14.2 Å². The Bertz CT molecular complexity index is 700. The van der Waals surface area contributed by atoms with Crippen LogP contribution in [0.25, 0.3) is 11.8 Å². The quantitative estimate of drug-likeness (QED) is 0.463. The highest BCUT2D eigenvalue weighted by Crippen LogP contribution is 2.40. The second-order valence-electron chi connectivity index (χ2n) is 4.61. The topological polar surface area (TPSA) is 70.8 Å². The van der Waals surface area contributed by atoms with Crippen molar-refractivity contribution in [1.29, 1.82) is 0 Å². The van der Waals surface area contributed by atoms with Crippen LogP contribution in [-0.4, -0.2) is 26.3 Å². The first-order valence-electron chi connectivity index (χ1n) is 6.82. The Kier molecular flexibility index (Phi) is 5.19. The van der Waals surface area contributed by atoms with Crippen molar-refractivity contribution in [3.63, 3.8) is 0 Å². The van der Waals surface area contributed by atoms with Gasteiger partial charge in [0.25, 0.3) is 5.70 Å². The smallest absolute Gasteiger partial charge is 0.277 e. The largest absolute Gasteiger partial charge is 0.493 e. The van der Waals surface area contributed by atoms with Gasteiger partial charge >= 0.3 is 0 Å². The first-order chi connectivity index (χ1) is 11.1. The molecule has 2 aromatic rings. The fourth-order valence-electron chi connectivity index (χ4n) is 2.18. The number of nitro groups is 1. The van der Waals surface area contributed by atoms with Crippen LogP contribution in [-0.2, 0) is 0 Å². The normalized spacial score (nSPS) is 11.0. The monoisotopic (exact) mass is 315 g/mol. The number of methoxy groups -OCH3 is 3. The fraction of sp³-hybridized carbons (Fsp3) is 0.176. The summed E-state index contributed by atoms with van der Waals surface area (Å²) in [6, 6.07) is 12.2. The molecule has 6 nitrogen and oxygen atoms in total. The summed E-state index contributed by atoms with van der Waals surface area (Å²) in [6.45, 7) is 0. The van der Waals surface area contributed by atoms with Gasteiger partial charge in [0.2, 0.25) is 5.75 Å². The van der Waals surface area contributed by atoms with Crippen molar-refractivity contribution < 1.29 is 19.1 Å². The van der Waals surface area contributed by atoms with E-state index >= 15 is 0 Å². The number of hydrogen-bond donors (Lipinski definition) is 0. The van der Waals surface area contributed by atoms with E-state index in [9.17, 15) is 10.1 Å². The Morgan fingerprint density at radius 1 is 1.00 bits per heavy atom. The van der Waals surface area contributed by atoms with Gasteiger partial charge in [0, 0.05) is 6.08 Å². The molecular formula is C17H17NO5. The molecule has 0 saturated carbocycles. The lowest BCUT2D eigenvalue weighted by molar-refractivity contribution is -0.374. The minimum Gasteiger partial charge on any atom is -0.493 e. The maximum absolute atomic E-state index is 11.5. The van der Waals surface area contributed by atoms with Gasteiger partial charge in [-0.1, -0.05) is 30.3 Å². The van der Waals surface area contributed by atoms with Crippen molar-refractivity contribution in [1.82, 2.24) is 0 Å². The van der Waals surface area contributed by atoms with Crippen LogP contribution in [0.3, 0.4) is 0 Å². The summed E-state index contributed by atoms with van der Waals surface area (Å²) in [5.74, 6) is 1.12. The van der Waals surface area contributed by atoms with Gasteiger partial charge in [-0.25, -0.2) is 0 Å². The first-order valence-corrected chi connectivity index (χ1v) is 6.82. The number of benzene rings is 2. The zero-order valence-electron chi connectivity index (χ0n) is 13.1. The van der Waals surface area contributed by atoms with Gasteiger partial charge in [0.15, 0.2) is 11.5 Å². The molecule has 0 radical (unpaired) electrons. The fourth-order valence-corrected chi connectivity index (χ4v) is 2.18. The van der Waals surface area contributed by atoms with E-state index in [4.69, 9.17) is 14.2 Å². The van der Waals surface area contributed by atoms with E-state index in [1.807, 2.05) is 18.2 Å². The molecule has 120 valence electrons. The molecule has 0 aliphatic rings. The Hall–Kier alpha value is -3.02. The Balaban J connectivity index is 2.61. The third-order valence-corrected chi connectivity index (χ3v) is 3.26. The molecule has 0 amide bonds. The third-order valence-electron chi connectivity index (χ3n) is 3.26. The van der Waals surface area contributed by atoms with Crippen molar-refractivity contribution in [3.8, 4) is 17.2 Å². The molecule has 6 heteroatoms. The van der Waals surface area contributed by atoms with E-state index in [0.717, 1.165) is 5.56 Å². The maximum Gasteiger partial charge on any atom is 0.277 e. The molecule has 0 N–H and O–H groups in total. The minimum atomic E-state index is -0.437. The average molecular weight is 315 g/mol. The minimum absolute atomic E-state index is 0.0598. The van der Waals surface area contributed by atoms with Gasteiger partial charge in [-0.15, -0.1) is 0 Å². The van der Waals surface area contributed by atoms with Gasteiger partial charge in [-0.3, -0.25) is 10.1 Å². The van der Waals surface area contributed by atoms with Crippen LogP contribution < -0.4 is 14.2 Å². The van der Waals surface area contributed by atoms with Crippen molar-refractivity contribution in [2.75, 3.05) is 21.3 Å². The second-order valence-corrected chi connectivity index (χ2v) is 4.61. The molecule has 0 aliphatic carbocycles. The van der Waals surface area contributed by atoms with Crippen LogP contribution in [0.15, 0.2) is 42.5 Å². The molecule has 0 heterocycles. The number of nitrogens with zero attached hydrogens (tertiary/aromatic N) is 1. The predicted molar refractivity (Wildman–Crippen MR) is 87.4 cm³/mol. The lowest BCUT2D eigenvalue weighted by Crippen LogP contribution is -2.01. The average Bonchev–Trinajstić information content (AvgIpc) is 2.58. The number of hydrogen-bond acceptors (Lipinski definition) is 5. The molecule has 0 atom stereocenters. The molecule has 23 heavy (non-hydrogen) atoms. The van der Waals surface area contributed by atoms with E-state index in [-0.39, 0.29) is 5.70 Å². The number of rotatable bonds is 6.